The summed E-state index contributed by atoms with van der Waals surface area (Å²) < 4.78 is 4.62. The van der Waals surface area contributed by atoms with E-state index in [1.54, 1.807) is 13.8 Å². The molecule has 0 aliphatic heterocycles. The summed E-state index contributed by atoms with van der Waals surface area (Å²) in [6, 6.07) is 0. The Morgan fingerprint density at radius 1 is 1.36 bits per heavy atom. The monoisotopic (exact) mass is 156 g/mol. The van der Waals surface area contributed by atoms with E-state index < -0.39 is 11.8 Å². The first-order valence-electron chi connectivity index (χ1n) is 3.36. The maximum absolute atomic E-state index is 10.8. The maximum Gasteiger partial charge on any atom is 0.379 e. The Kier molecular flexibility index (Phi) is 3.51. The van der Waals surface area contributed by atoms with Crippen LogP contribution in [-0.2, 0) is 14.3 Å². The molecule has 0 aromatic rings. The Morgan fingerprint density at radius 2 is 1.82 bits per heavy atom. The highest BCUT2D eigenvalue weighted by atomic mass is 16.5. The minimum Gasteiger partial charge on any atom is -0.457 e. The number of rotatable bonds is 3. The molecule has 0 unspecified atom stereocenters. The first-order valence-corrected chi connectivity index (χ1v) is 3.36. The maximum atomic E-state index is 10.8. The lowest BCUT2D eigenvalue weighted by atomic mass is 10.2. The average molecular weight is 156 g/mol. The second-order valence-electron chi connectivity index (χ2n) is 2.56. The van der Waals surface area contributed by atoms with Crippen LogP contribution >= 0.6 is 0 Å². The van der Waals surface area contributed by atoms with Crippen molar-refractivity contribution in [3.8, 4) is 0 Å². The second-order valence-corrected chi connectivity index (χ2v) is 2.56. The summed E-state index contributed by atoms with van der Waals surface area (Å²) in [7, 11) is 0. The molecule has 0 N–H and O–H groups in total. The van der Waals surface area contributed by atoms with Crippen LogP contribution in [0, 0.1) is 0 Å². The minimum absolute atomic E-state index is 0.204. The Hall–Kier alpha value is -1.12. The lowest BCUT2D eigenvalue weighted by Crippen LogP contribution is -2.21. The molecule has 0 aliphatic rings. The molecule has 0 saturated carbocycles. The fraction of sp³-hybridized carbons (Fsp3) is 0.500. The zero-order chi connectivity index (χ0) is 9.02. The van der Waals surface area contributed by atoms with Crippen LogP contribution < -0.4 is 0 Å². The van der Waals surface area contributed by atoms with Crippen LogP contribution in [0.4, 0.5) is 0 Å². The van der Waals surface area contributed by atoms with Gasteiger partial charge in [0.15, 0.2) is 0 Å². The topological polar surface area (TPSA) is 43.4 Å². The number of ketones is 1. The van der Waals surface area contributed by atoms with Gasteiger partial charge in [-0.15, -0.1) is 0 Å². The zero-order valence-electron chi connectivity index (χ0n) is 7.01. The van der Waals surface area contributed by atoms with E-state index in [-0.39, 0.29) is 11.7 Å². The molecular formula is C8H12O3. The van der Waals surface area contributed by atoms with Crippen molar-refractivity contribution in [3.63, 3.8) is 0 Å². The van der Waals surface area contributed by atoms with Gasteiger partial charge < -0.3 is 4.74 Å². The van der Waals surface area contributed by atoms with E-state index in [2.05, 4.69) is 11.3 Å². The molecule has 0 aromatic carbocycles. The summed E-state index contributed by atoms with van der Waals surface area (Å²) in [6.07, 6.45) is -0.259. The van der Waals surface area contributed by atoms with Crippen LogP contribution in [0.3, 0.4) is 0 Å². The number of hydrogen-bond acceptors (Lipinski definition) is 3. The van der Waals surface area contributed by atoms with E-state index in [4.69, 9.17) is 0 Å². The van der Waals surface area contributed by atoms with Crippen molar-refractivity contribution in [2.24, 2.45) is 0 Å². The summed E-state index contributed by atoms with van der Waals surface area (Å²) in [5.41, 5.74) is 0.204. The van der Waals surface area contributed by atoms with Crippen molar-refractivity contribution in [3.05, 3.63) is 12.2 Å². The van der Waals surface area contributed by atoms with Crippen molar-refractivity contribution in [2.75, 3.05) is 0 Å². The highest BCUT2D eigenvalue weighted by Gasteiger charge is 2.16. The van der Waals surface area contributed by atoms with Gasteiger partial charge in [-0.2, -0.15) is 0 Å². The molecule has 3 nitrogen and oxygen atoms in total. The number of hydrogen-bond donors (Lipinski definition) is 0. The third-order valence-corrected chi connectivity index (χ3v) is 0.916. The number of esters is 1. The van der Waals surface area contributed by atoms with Gasteiger partial charge in [0.2, 0.25) is 0 Å². The molecule has 0 aliphatic carbocycles. The fourth-order valence-electron chi connectivity index (χ4n) is 0.442. The van der Waals surface area contributed by atoms with Gasteiger partial charge in [-0.1, -0.05) is 6.58 Å². The number of ether oxygens (including phenoxy) is 1. The first kappa shape index (κ1) is 9.88. The predicted molar refractivity (Wildman–Crippen MR) is 41.0 cm³/mol. The highest BCUT2D eigenvalue weighted by Crippen LogP contribution is 1.96. The molecule has 0 radical (unpaired) electrons. The number of carbonyl (C=O) groups excluding carboxylic acids is 2. The predicted octanol–water partition coefficient (Wildman–Crippen LogP) is 1.08. The van der Waals surface area contributed by atoms with Crippen LogP contribution in [0.25, 0.3) is 0 Å². The summed E-state index contributed by atoms with van der Waals surface area (Å²) in [5.74, 6) is -1.48. The van der Waals surface area contributed by atoms with Gasteiger partial charge in [-0.05, 0) is 26.3 Å². The van der Waals surface area contributed by atoms with Gasteiger partial charge >= 0.3 is 5.97 Å². The molecule has 0 bridgehead atoms. The minimum atomic E-state index is -0.826. The van der Waals surface area contributed by atoms with Crippen molar-refractivity contribution >= 4 is 11.8 Å². The molecule has 0 fully saturated rings. The summed E-state index contributed by atoms with van der Waals surface area (Å²) in [4.78, 5) is 21.6. The highest BCUT2D eigenvalue weighted by molar-refractivity contribution is 6.40. The van der Waals surface area contributed by atoms with Crippen molar-refractivity contribution in [1.82, 2.24) is 0 Å². The van der Waals surface area contributed by atoms with E-state index in [9.17, 15) is 9.59 Å². The Bertz CT molecular complexity index is 192. The molecule has 0 heterocycles. The molecule has 0 spiro atoms. The smallest absolute Gasteiger partial charge is 0.379 e. The third kappa shape index (κ3) is 3.55. The standard InChI is InChI=1S/C8H12O3/c1-5(2)7(9)8(10)11-6(3)4/h6H,1H2,2-4H3. The van der Waals surface area contributed by atoms with E-state index in [1.165, 1.54) is 6.92 Å². The Balaban J connectivity index is 4.05. The normalized spacial score (nSPS) is 9.45. The summed E-state index contributed by atoms with van der Waals surface area (Å²) in [6.45, 7) is 8.18. The lowest BCUT2D eigenvalue weighted by Gasteiger charge is -2.05. The quantitative estimate of drug-likeness (QED) is 0.349. The number of carbonyl (C=O) groups is 2. The molecule has 62 valence electrons. The summed E-state index contributed by atoms with van der Waals surface area (Å²) >= 11 is 0. The van der Waals surface area contributed by atoms with E-state index in [1.807, 2.05) is 0 Å². The van der Waals surface area contributed by atoms with Crippen LogP contribution in [0.15, 0.2) is 12.2 Å². The molecular weight excluding hydrogens is 144 g/mol. The lowest BCUT2D eigenvalue weighted by molar-refractivity contribution is -0.155. The molecule has 0 amide bonds. The molecule has 0 saturated heterocycles. The van der Waals surface area contributed by atoms with Crippen LogP contribution in [0.5, 0.6) is 0 Å². The van der Waals surface area contributed by atoms with Crippen molar-refractivity contribution in [1.29, 1.82) is 0 Å². The summed E-state index contributed by atoms with van der Waals surface area (Å²) in [5, 5.41) is 0. The van der Waals surface area contributed by atoms with Gasteiger partial charge in [-0.3, -0.25) is 4.79 Å². The fourth-order valence-corrected chi connectivity index (χ4v) is 0.442. The van der Waals surface area contributed by atoms with Crippen LogP contribution in [-0.4, -0.2) is 17.9 Å². The van der Waals surface area contributed by atoms with Crippen LogP contribution in [0.1, 0.15) is 20.8 Å². The van der Waals surface area contributed by atoms with Crippen molar-refractivity contribution in [2.45, 2.75) is 26.9 Å². The molecule has 0 rings (SSSR count). The third-order valence-electron chi connectivity index (χ3n) is 0.916. The molecule has 0 aromatic heterocycles. The average Bonchev–Trinajstić information content (AvgIpc) is 1.84. The van der Waals surface area contributed by atoms with Crippen LogP contribution in [0.2, 0.25) is 0 Å². The Labute approximate surface area is 66.0 Å². The molecule has 3 heteroatoms. The van der Waals surface area contributed by atoms with Gasteiger partial charge in [0.25, 0.3) is 5.78 Å². The largest absolute Gasteiger partial charge is 0.457 e. The van der Waals surface area contributed by atoms with Gasteiger partial charge in [0, 0.05) is 0 Å². The van der Waals surface area contributed by atoms with E-state index >= 15 is 0 Å². The number of Topliss-reactive ketones (excluding diaryl/α,β-unsaturated/α-hetero) is 1. The van der Waals surface area contributed by atoms with Gasteiger partial charge in [0.05, 0.1) is 6.10 Å². The SMILES string of the molecule is C=C(C)C(=O)C(=O)OC(C)C. The van der Waals surface area contributed by atoms with Crippen molar-refractivity contribution < 1.29 is 14.3 Å². The Morgan fingerprint density at radius 3 is 2.09 bits per heavy atom. The van der Waals surface area contributed by atoms with Gasteiger partial charge in [-0.25, -0.2) is 4.79 Å². The van der Waals surface area contributed by atoms with E-state index in [0.717, 1.165) is 0 Å². The van der Waals surface area contributed by atoms with E-state index in [0.29, 0.717) is 0 Å². The zero-order valence-corrected chi connectivity index (χ0v) is 7.01. The molecule has 0 atom stereocenters. The second kappa shape index (κ2) is 3.91. The molecule has 11 heavy (non-hydrogen) atoms. The van der Waals surface area contributed by atoms with Gasteiger partial charge in [0.1, 0.15) is 0 Å². The first-order chi connectivity index (χ1) is 4.95.